The highest BCUT2D eigenvalue weighted by molar-refractivity contribution is 5.92. The molecule has 2 fully saturated rings. The number of ether oxygens (including phenoxy) is 4. The number of phenols is 3. The van der Waals surface area contributed by atoms with Crippen LogP contribution >= 0.6 is 0 Å². The molecule has 2 aromatic carbocycles. The number of aromatic hydroxyl groups is 3. The van der Waals surface area contributed by atoms with Gasteiger partial charge in [-0.15, -0.1) is 0 Å². The Kier molecular flexibility index (Phi) is 8.65. The zero-order valence-electron chi connectivity index (χ0n) is 23.3. The molecule has 2 aliphatic rings. The van der Waals surface area contributed by atoms with Gasteiger partial charge in [0.1, 0.15) is 77.6 Å². The van der Waals surface area contributed by atoms with E-state index >= 15 is 0 Å². The van der Waals surface area contributed by atoms with Crippen LogP contribution in [0.4, 0.5) is 0 Å². The second kappa shape index (κ2) is 12.0. The largest absolute Gasteiger partial charge is 0.507 e. The number of hydrogen-bond acceptors (Lipinski definition) is 16. The number of aliphatic hydroxyl groups excluding tert-OH is 7. The van der Waals surface area contributed by atoms with Crippen LogP contribution < -0.4 is 14.9 Å². The first kappa shape index (κ1) is 31.7. The number of rotatable bonds is 6. The maximum atomic E-state index is 13.6. The van der Waals surface area contributed by atoms with E-state index in [1.54, 1.807) is 0 Å². The quantitative estimate of drug-likeness (QED) is 0.146. The van der Waals surface area contributed by atoms with Crippen LogP contribution in [0.5, 0.6) is 28.7 Å². The maximum absolute atomic E-state index is 13.6. The molecule has 2 saturated heterocycles. The van der Waals surface area contributed by atoms with Gasteiger partial charge in [-0.2, -0.15) is 0 Å². The number of benzene rings is 2. The van der Waals surface area contributed by atoms with Gasteiger partial charge in [-0.3, -0.25) is 4.79 Å². The van der Waals surface area contributed by atoms with Crippen LogP contribution in [-0.4, -0.2) is 121 Å². The van der Waals surface area contributed by atoms with Crippen LogP contribution in [0.15, 0.2) is 27.4 Å². The SMILES string of the molecule is COc1cc(-c2cc(=O)c3c(O)c([C@H]4OC[C@@H](O)[C@@H](O)[C@@H]4O)c(O)c([C@@H]4O[C@@H](CO)[C@@H](O)[C@H](O)[C@H]4O)c3o2)cc(OC)c1O. The van der Waals surface area contributed by atoms with Gasteiger partial charge in [-0.1, -0.05) is 0 Å². The van der Waals surface area contributed by atoms with Gasteiger partial charge in [-0.25, -0.2) is 0 Å². The highest BCUT2D eigenvalue weighted by Crippen LogP contribution is 2.51. The van der Waals surface area contributed by atoms with Gasteiger partial charge in [0.05, 0.1) is 38.6 Å². The van der Waals surface area contributed by atoms with Gasteiger partial charge in [0, 0.05) is 11.6 Å². The van der Waals surface area contributed by atoms with Crippen molar-refractivity contribution in [2.24, 2.45) is 0 Å². The lowest BCUT2D eigenvalue weighted by atomic mass is 9.85. The Morgan fingerprint density at radius 3 is 1.98 bits per heavy atom. The van der Waals surface area contributed by atoms with Crippen molar-refractivity contribution in [2.45, 2.75) is 54.9 Å². The molecule has 0 bridgehead atoms. The topological polar surface area (TPSA) is 269 Å². The van der Waals surface area contributed by atoms with Crippen molar-refractivity contribution in [1.82, 2.24) is 0 Å². The third-order valence-corrected chi connectivity index (χ3v) is 7.92. The summed E-state index contributed by atoms with van der Waals surface area (Å²) < 4.78 is 27.4. The monoisotopic (exact) mass is 624 g/mol. The Morgan fingerprint density at radius 2 is 1.39 bits per heavy atom. The predicted octanol–water partition coefficient (Wildman–Crippen LogP) is -1.74. The molecule has 0 saturated carbocycles. The second-order valence-corrected chi connectivity index (χ2v) is 10.5. The molecule has 2 aliphatic heterocycles. The van der Waals surface area contributed by atoms with E-state index in [4.69, 9.17) is 23.4 Å². The Balaban J connectivity index is 1.83. The molecule has 9 atom stereocenters. The molecule has 0 amide bonds. The lowest BCUT2D eigenvalue weighted by molar-refractivity contribution is -0.231. The molecule has 5 rings (SSSR count). The average Bonchev–Trinajstić information content (AvgIpc) is 3.00. The molecule has 3 aromatic rings. The fourth-order valence-electron chi connectivity index (χ4n) is 5.52. The summed E-state index contributed by atoms with van der Waals surface area (Å²) in [7, 11) is 2.53. The van der Waals surface area contributed by atoms with Gasteiger partial charge in [0.15, 0.2) is 22.5 Å². The number of hydrogen-bond donors (Lipinski definition) is 10. The van der Waals surface area contributed by atoms with E-state index in [2.05, 4.69) is 0 Å². The van der Waals surface area contributed by atoms with Crippen molar-refractivity contribution in [2.75, 3.05) is 27.4 Å². The third-order valence-electron chi connectivity index (χ3n) is 7.92. The second-order valence-electron chi connectivity index (χ2n) is 10.5. The van der Waals surface area contributed by atoms with E-state index in [9.17, 15) is 55.9 Å². The maximum Gasteiger partial charge on any atom is 0.200 e. The van der Waals surface area contributed by atoms with Gasteiger partial charge < -0.3 is 74.4 Å². The molecule has 16 nitrogen and oxygen atoms in total. The molecule has 240 valence electrons. The smallest absolute Gasteiger partial charge is 0.200 e. The molecule has 10 N–H and O–H groups in total. The molecular formula is C28H32O16. The van der Waals surface area contributed by atoms with Crippen LogP contribution in [0.3, 0.4) is 0 Å². The zero-order chi connectivity index (χ0) is 32.2. The van der Waals surface area contributed by atoms with E-state index in [1.165, 1.54) is 26.4 Å². The number of phenolic OH excluding ortho intramolecular Hbond substituents is 3. The van der Waals surface area contributed by atoms with E-state index in [0.29, 0.717) is 0 Å². The molecule has 1 aromatic heterocycles. The summed E-state index contributed by atoms with van der Waals surface area (Å²) in [5.41, 5.74) is -2.59. The Labute approximate surface area is 247 Å². The lowest BCUT2D eigenvalue weighted by Gasteiger charge is -2.41. The fourth-order valence-corrected chi connectivity index (χ4v) is 5.52. The Morgan fingerprint density at radius 1 is 0.773 bits per heavy atom. The van der Waals surface area contributed by atoms with Gasteiger partial charge >= 0.3 is 0 Å². The van der Waals surface area contributed by atoms with Crippen LogP contribution in [0.25, 0.3) is 22.3 Å². The first-order valence-corrected chi connectivity index (χ1v) is 13.3. The van der Waals surface area contributed by atoms with Crippen LogP contribution in [-0.2, 0) is 9.47 Å². The lowest BCUT2D eigenvalue weighted by Crippen LogP contribution is -2.55. The summed E-state index contributed by atoms with van der Waals surface area (Å²) in [4.78, 5) is 13.6. The first-order chi connectivity index (χ1) is 20.9. The van der Waals surface area contributed by atoms with Crippen molar-refractivity contribution in [3.05, 3.63) is 39.5 Å². The fraction of sp³-hybridized carbons (Fsp3) is 0.464. The standard InChI is InChI=1S/C28H32O16/c1-40-12-3-8(4-13(41-2)19(12)33)11-5-9(30)15-21(35)16(27-24(38)18(32)10(31)7-42-27)22(36)17(26(15)43-11)28-25(39)23(37)20(34)14(6-29)44-28/h3-5,10,14,18,20,23-25,27-29,31-39H,6-7H2,1-2H3/t10-,14+,18-,20-,23+,24+,25-,27-,28+/m1/s1. The summed E-state index contributed by atoms with van der Waals surface area (Å²) in [5.74, 6) is -2.62. The van der Waals surface area contributed by atoms with Crippen molar-refractivity contribution in [3.63, 3.8) is 0 Å². The summed E-state index contributed by atoms with van der Waals surface area (Å²) in [6.07, 6.45) is -16.0. The minimum Gasteiger partial charge on any atom is -0.507 e. The molecule has 44 heavy (non-hydrogen) atoms. The molecule has 0 aliphatic carbocycles. The highest BCUT2D eigenvalue weighted by atomic mass is 16.5. The van der Waals surface area contributed by atoms with Gasteiger partial charge in [0.2, 0.25) is 5.75 Å². The normalized spacial score (nSPS) is 30.8. The minimum absolute atomic E-state index is 0.0681. The molecule has 16 heteroatoms. The summed E-state index contributed by atoms with van der Waals surface area (Å²) in [5, 5.41) is 105. The van der Waals surface area contributed by atoms with E-state index in [-0.39, 0.29) is 28.6 Å². The highest BCUT2D eigenvalue weighted by Gasteiger charge is 2.48. The predicted molar refractivity (Wildman–Crippen MR) is 145 cm³/mol. The zero-order valence-corrected chi connectivity index (χ0v) is 23.3. The molecule has 0 spiro atoms. The van der Waals surface area contributed by atoms with Crippen molar-refractivity contribution >= 4 is 11.0 Å². The first-order valence-electron chi connectivity index (χ1n) is 13.3. The van der Waals surface area contributed by atoms with Crippen molar-refractivity contribution in [1.29, 1.82) is 0 Å². The third kappa shape index (κ3) is 4.99. The van der Waals surface area contributed by atoms with E-state index in [0.717, 1.165) is 6.07 Å². The number of fused-ring (bicyclic) bond motifs is 1. The summed E-state index contributed by atoms with van der Waals surface area (Å²) >= 11 is 0. The molecular weight excluding hydrogens is 592 g/mol. The van der Waals surface area contributed by atoms with Gasteiger partial charge in [0.25, 0.3) is 0 Å². The van der Waals surface area contributed by atoms with E-state index in [1.807, 2.05) is 0 Å². The average molecular weight is 625 g/mol. The molecule has 3 heterocycles. The number of aliphatic hydroxyl groups is 7. The Bertz CT molecular complexity index is 1580. The van der Waals surface area contributed by atoms with Crippen LogP contribution in [0.2, 0.25) is 0 Å². The Hall–Kier alpha value is -3.71. The summed E-state index contributed by atoms with van der Waals surface area (Å²) in [6.45, 7) is -1.39. The van der Waals surface area contributed by atoms with Crippen molar-refractivity contribution < 1.29 is 74.4 Å². The van der Waals surface area contributed by atoms with Crippen molar-refractivity contribution in [3.8, 4) is 40.1 Å². The van der Waals surface area contributed by atoms with Crippen LogP contribution in [0.1, 0.15) is 23.3 Å². The molecule has 0 radical (unpaired) electrons. The minimum atomic E-state index is -2.01. The van der Waals surface area contributed by atoms with Crippen LogP contribution in [0, 0.1) is 0 Å². The van der Waals surface area contributed by atoms with Gasteiger partial charge in [-0.05, 0) is 12.1 Å². The summed E-state index contributed by atoms with van der Waals surface area (Å²) in [6, 6.07) is 3.53. The van der Waals surface area contributed by atoms with E-state index < -0.39 is 107 Å². The number of methoxy groups -OCH3 is 2. The molecule has 0 unspecified atom stereocenters.